The molecule has 0 bridgehead atoms. The van der Waals surface area contributed by atoms with Crippen LogP contribution in [0.5, 0.6) is 0 Å². The molecule has 2 atom stereocenters. The lowest BCUT2D eigenvalue weighted by molar-refractivity contribution is -0.117. The maximum Gasteiger partial charge on any atom is 0.228 e. The van der Waals surface area contributed by atoms with Crippen molar-refractivity contribution in [2.75, 3.05) is 5.32 Å². The molecule has 1 aliphatic carbocycles. The number of halogens is 1. The smallest absolute Gasteiger partial charge is 0.228 e. The van der Waals surface area contributed by atoms with Crippen molar-refractivity contribution in [1.82, 2.24) is 9.97 Å². The van der Waals surface area contributed by atoms with Crippen LogP contribution in [0.1, 0.15) is 23.5 Å². The van der Waals surface area contributed by atoms with Crippen LogP contribution in [-0.4, -0.2) is 15.9 Å². The Morgan fingerprint density at radius 1 is 1.12 bits per heavy atom. The molecular formula is C21H18FN3O. The summed E-state index contributed by atoms with van der Waals surface area (Å²) in [6, 6.07) is 15.7. The standard InChI is InChI=1S/C21H18FN3O/c1-13-7-8-16(9-17(13)20-23-11-15(22)12-24-20)25-21(26)19-10-18(19)14-5-3-2-4-6-14/h2-9,11-12,18-19H,10H2,1H3,(H,25,26)/t18-,19-/m0/s1. The normalized spacial score (nSPS) is 18.4. The van der Waals surface area contributed by atoms with E-state index in [0.29, 0.717) is 17.4 Å². The quantitative estimate of drug-likeness (QED) is 0.764. The fraction of sp³-hybridized carbons (Fsp3) is 0.190. The highest BCUT2D eigenvalue weighted by Gasteiger charge is 2.43. The van der Waals surface area contributed by atoms with E-state index in [-0.39, 0.29) is 11.8 Å². The predicted molar refractivity (Wildman–Crippen MR) is 98.1 cm³/mol. The van der Waals surface area contributed by atoms with Gasteiger partial charge in [0.15, 0.2) is 11.6 Å². The van der Waals surface area contributed by atoms with Crippen LogP contribution < -0.4 is 5.32 Å². The van der Waals surface area contributed by atoms with Crippen molar-refractivity contribution in [3.05, 3.63) is 77.9 Å². The fourth-order valence-electron chi connectivity index (χ4n) is 3.18. The first kappa shape index (κ1) is 16.4. The topological polar surface area (TPSA) is 54.9 Å². The molecule has 0 radical (unpaired) electrons. The minimum atomic E-state index is -0.475. The van der Waals surface area contributed by atoms with Gasteiger partial charge in [-0.1, -0.05) is 36.4 Å². The Morgan fingerprint density at radius 2 is 1.85 bits per heavy atom. The zero-order valence-electron chi connectivity index (χ0n) is 14.3. The number of nitrogens with one attached hydrogen (secondary N) is 1. The average Bonchev–Trinajstić information content (AvgIpc) is 3.46. The number of aryl methyl sites for hydroxylation is 1. The van der Waals surface area contributed by atoms with E-state index in [1.54, 1.807) is 0 Å². The molecule has 4 rings (SSSR count). The molecule has 0 aliphatic heterocycles. The highest BCUT2D eigenvalue weighted by Crippen LogP contribution is 2.47. The van der Waals surface area contributed by atoms with E-state index >= 15 is 0 Å². The lowest BCUT2D eigenvalue weighted by atomic mass is 10.1. The van der Waals surface area contributed by atoms with Crippen molar-refractivity contribution in [3.63, 3.8) is 0 Å². The Hall–Kier alpha value is -3.08. The predicted octanol–water partition coefficient (Wildman–Crippen LogP) is 4.33. The molecule has 1 aliphatic rings. The van der Waals surface area contributed by atoms with Crippen molar-refractivity contribution in [1.29, 1.82) is 0 Å². The third-order valence-corrected chi connectivity index (χ3v) is 4.72. The van der Waals surface area contributed by atoms with E-state index in [9.17, 15) is 9.18 Å². The Balaban J connectivity index is 1.50. The summed E-state index contributed by atoms with van der Waals surface area (Å²) in [4.78, 5) is 20.6. The van der Waals surface area contributed by atoms with Gasteiger partial charge in [-0.15, -0.1) is 0 Å². The van der Waals surface area contributed by atoms with Crippen LogP contribution in [0.2, 0.25) is 0 Å². The van der Waals surface area contributed by atoms with Crippen LogP contribution in [0.3, 0.4) is 0 Å². The molecule has 0 unspecified atom stereocenters. The van der Waals surface area contributed by atoms with Gasteiger partial charge in [-0.25, -0.2) is 14.4 Å². The van der Waals surface area contributed by atoms with Crippen LogP contribution in [0, 0.1) is 18.7 Å². The molecule has 4 nitrogen and oxygen atoms in total. The number of rotatable bonds is 4. The van der Waals surface area contributed by atoms with Gasteiger partial charge in [0.25, 0.3) is 0 Å². The molecule has 1 heterocycles. The lowest BCUT2D eigenvalue weighted by Gasteiger charge is -2.09. The van der Waals surface area contributed by atoms with E-state index < -0.39 is 5.82 Å². The summed E-state index contributed by atoms with van der Waals surface area (Å²) in [5.41, 5.74) is 3.64. The molecule has 1 saturated carbocycles. The molecule has 3 aromatic rings. The zero-order valence-corrected chi connectivity index (χ0v) is 14.3. The lowest BCUT2D eigenvalue weighted by Crippen LogP contribution is -2.14. The highest BCUT2D eigenvalue weighted by molar-refractivity contribution is 5.95. The summed E-state index contributed by atoms with van der Waals surface area (Å²) >= 11 is 0. The third-order valence-electron chi connectivity index (χ3n) is 4.72. The Labute approximate surface area is 151 Å². The largest absolute Gasteiger partial charge is 0.326 e. The van der Waals surface area contributed by atoms with Crippen molar-refractivity contribution in [3.8, 4) is 11.4 Å². The molecular weight excluding hydrogens is 329 g/mol. The second-order valence-corrected chi connectivity index (χ2v) is 6.60. The van der Waals surface area contributed by atoms with Gasteiger partial charge in [0.1, 0.15) is 0 Å². The summed E-state index contributed by atoms with van der Waals surface area (Å²) in [6.45, 7) is 1.93. The average molecular weight is 347 g/mol. The van der Waals surface area contributed by atoms with Gasteiger partial charge in [-0.05, 0) is 42.5 Å². The summed E-state index contributed by atoms with van der Waals surface area (Å²) in [5.74, 6) is 0.282. The van der Waals surface area contributed by atoms with Crippen molar-refractivity contribution < 1.29 is 9.18 Å². The molecule has 1 aromatic heterocycles. The summed E-state index contributed by atoms with van der Waals surface area (Å²) in [6.07, 6.45) is 3.15. The number of aromatic nitrogens is 2. The number of amides is 1. The minimum Gasteiger partial charge on any atom is -0.326 e. The van der Waals surface area contributed by atoms with E-state index in [2.05, 4.69) is 27.4 Å². The van der Waals surface area contributed by atoms with E-state index in [1.807, 2.05) is 43.3 Å². The number of benzene rings is 2. The molecule has 0 spiro atoms. The fourth-order valence-corrected chi connectivity index (χ4v) is 3.18. The van der Waals surface area contributed by atoms with Crippen LogP contribution in [0.15, 0.2) is 60.9 Å². The van der Waals surface area contributed by atoms with Crippen molar-refractivity contribution in [2.45, 2.75) is 19.3 Å². The maximum absolute atomic E-state index is 13.0. The highest BCUT2D eigenvalue weighted by atomic mass is 19.1. The van der Waals surface area contributed by atoms with Gasteiger partial charge in [-0.2, -0.15) is 0 Å². The third kappa shape index (κ3) is 3.33. The van der Waals surface area contributed by atoms with Crippen LogP contribution in [0.25, 0.3) is 11.4 Å². The molecule has 1 fully saturated rings. The van der Waals surface area contributed by atoms with Crippen LogP contribution in [-0.2, 0) is 4.79 Å². The second-order valence-electron chi connectivity index (χ2n) is 6.60. The van der Waals surface area contributed by atoms with E-state index in [4.69, 9.17) is 0 Å². The number of carbonyl (C=O) groups excluding carboxylic acids is 1. The van der Waals surface area contributed by atoms with E-state index in [0.717, 1.165) is 29.9 Å². The maximum atomic E-state index is 13.0. The first-order valence-electron chi connectivity index (χ1n) is 8.56. The zero-order chi connectivity index (χ0) is 18.1. The van der Waals surface area contributed by atoms with Gasteiger partial charge in [0.2, 0.25) is 5.91 Å². The summed E-state index contributed by atoms with van der Waals surface area (Å²) in [7, 11) is 0. The molecule has 26 heavy (non-hydrogen) atoms. The van der Waals surface area contributed by atoms with E-state index in [1.165, 1.54) is 5.56 Å². The Kier molecular flexibility index (Phi) is 4.21. The first-order chi connectivity index (χ1) is 12.6. The molecule has 0 saturated heterocycles. The van der Waals surface area contributed by atoms with Gasteiger partial charge < -0.3 is 5.32 Å². The van der Waals surface area contributed by atoms with Crippen molar-refractivity contribution >= 4 is 11.6 Å². The van der Waals surface area contributed by atoms with Gasteiger partial charge in [-0.3, -0.25) is 4.79 Å². The first-order valence-corrected chi connectivity index (χ1v) is 8.56. The van der Waals surface area contributed by atoms with Crippen molar-refractivity contribution in [2.24, 2.45) is 5.92 Å². The van der Waals surface area contributed by atoms with Gasteiger partial charge >= 0.3 is 0 Å². The molecule has 1 amide bonds. The van der Waals surface area contributed by atoms with Crippen LogP contribution >= 0.6 is 0 Å². The SMILES string of the molecule is Cc1ccc(NC(=O)[C@H]2C[C@H]2c2ccccc2)cc1-c1ncc(F)cn1. The van der Waals surface area contributed by atoms with Gasteiger partial charge in [0, 0.05) is 17.2 Å². The molecule has 5 heteroatoms. The number of hydrogen-bond donors (Lipinski definition) is 1. The number of carbonyl (C=O) groups is 1. The van der Waals surface area contributed by atoms with Crippen LogP contribution in [0.4, 0.5) is 10.1 Å². The van der Waals surface area contributed by atoms with Gasteiger partial charge in [0.05, 0.1) is 12.4 Å². The summed E-state index contributed by atoms with van der Waals surface area (Å²) < 4.78 is 13.0. The Bertz CT molecular complexity index is 941. The molecule has 130 valence electrons. The second kappa shape index (κ2) is 6.67. The monoisotopic (exact) mass is 347 g/mol. The summed E-state index contributed by atoms with van der Waals surface area (Å²) in [5, 5.41) is 2.98. The molecule has 2 aromatic carbocycles. The number of hydrogen-bond acceptors (Lipinski definition) is 3. The minimum absolute atomic E-state index is 0.00391. The Morgan fingerprint density at radius 3 is 2.58 bits per heavy atom. The number of nitrogens with zero attached hydrogens (tertiary/aromatic N) is 2. The molecule has 1 N–H and O–H groups in total. The number of anilines is 1.